The normalized spacial score (nSPS) is 17.3. The molecule has 0 aliphatic carbocycles. The monoisotopic (exact) mass is 292 g/mol. The molecule has 21 heavy (non-hydrogen) atoms. The third-order valence-electron chi connectivity index (χ3n) is 3.84. The molecule has 1 fully saturated rings. The van der Waals surface area contributed by atoms with Crippen LogP contribution in [0.1, 0.15) is 12.5 Å². The lowest BCUT2D eigenvalue weighted by Gasteiger charge is -2.36. The van der Waals surface area contributed by atoms with Gasteiger partial charge in [-0.1, -0.05) is 0 Å². The molecule has 1 aromatic rings. The minimum Gasteiger partial charge on any atom is -0.363 e. The quantitative estimate of drug-likeness (QED) is 0.630. The molecule has 1 unspecified atom stereocenters. The van der Waals surface area contributed by atoms with Crippen LogP contribution in [0.5, 0.6) is 0 Å². The molecule has 1 heterocycles. The Morgan fingerprint density at radius 2 is 2.00 bits per heavy atom. The molecule has 0 radical (unpaired) electrons. The molecule has 0 spiro atoms. The first kappa shape index (κ1) is 15.2. The average Bonchev–Trinajstić information content (AvgIpc) is 2.48. The van der Waals surface area contributed by atoms with Crippen molar-refractivity contribution in [3.8, 4) is 6.07 Å². The van der Waals surface area contributed by atoms with Crippen molar-refractivity contribution in [2.75, 3.05) is 31.1 Å². The third kappa shape index (κ3) is 3.11. The van der Waals surface area contributed by atoms with E-state index in [2.05, 4.69) is 6.07 Å². The molecule has 0 amide bonds. The molecule has 0 N–H and O–H groups in total. The summed E-state index contributed by atoms with van der Waals surface area (Å²) in [7, 11) is 0. The molecule has 6 nitrogen and oxygen atoms in total. The molecular weight excluding hydrogens is 275 g/mol. The molecule has 0 bridgehead atoms. The van der Waals surface area contributed by atoms with E-state index in [0.29, 0.717) is 37.4 Å². The summed E-state index contributed by atoms with van der Waals surface area (Å²) in [6.07, 6.45) is 0. The first-order valence-electron chi connectivity index (χ1n) is 6.77. The first-order chi connectivity index (χ1) is 9.93. The molecule has 112 valence electrons. The number of nitrogens with zero attached hydrogens (tertiary/aromatic N) is 4. The number of nitro benzene ring substituents is 1. The number of hydrogen-bond donors (Lipinski definition) is 0. The van der Waals surface area contributed by atoms with E-state index in [-0.39, 0.29) is 11.7 Å². The lowest BCUT2D eigenvalue weighted by molar-refractivity contribution is -0.384. The number of anilines is 1. The Kier molecular flexibility index (Phi) is 4.38. The Morgan fingerprint density at radius 3 is 2.52 bits per heavy atom. The van der Waals surface area contributed by atoms with E-state index in [1.807, 2.05) is 16.7 Å². The highest BCUT2D eigenvalue weighted by molar-refractivity contribution is 5.65. The van der Waals surface area contributed by atoms with Gasteiger partial charge in [-0.05, 0) is 25.5 Å². The predicted octanol–water partition coefficient (Wildman–Crippen LogP) is 2.08. The third-order valence-corrected chi connectivity index (χ3v) is 3.84. The van der Waals surface area contributed by atoms with Gasteiger partial charge >= 0.3 is 0 Å². The summed E-state index contributed by atoms with van der Waals surface area (Å²) in [5.74, 6) is -0.567. The summed E-state index contributed by atoms with van der Waals surface area (Å²) >= 11 is 0. The summed E-state index contributed by atoms with van der Waals surface area (Å²) in [5.41, 5.74) is 0.631. The summed E-state index contributed by atoms with van der Waals surface area (Å²) in [6.45, 7) is 5.90. The van der Waals surface area contributed by atoms with E-state index < -0.39 is 10.7 Å². The van der Waals surface area contributed by atoms with Gasteiger partial charge in [0.15, 0.2) is 0 Å². The van der Waals surface area contributed by atoms with Gasteiger partial charge < -0.3 is 4.90 Å². The van der Waals surface area contributed by atoms with Crippen LogP contribution in [0.15, 0.2) is 12.1 Å². The van der Waals surface area contributed by atoms with Gasteiger partial charge in [-0.25, -0.2) is 4.39 Å². The minimum absolute atomic E-state index is 0.169. The summed E-state index contributed by atoms with van der Waals surface area (Å²) in [6, 6.07) is 4.52. The molecular formula is C14H17FN4O2. The minimum atomic E-state index is -0.567. The summed E-state index contributed by atoms with van der Waals surface area (Å²) < 4.78 is 13.5. The van der Waals surface area contributed by atoms with Crippen molar-refractivity contribution in [1.82, 2.24) is 4.90 Å². The molecule has 0 aromatic heterocycles. The van der Waals surface area contributed by atoms with Crippen molar-refractivity contribution in [3.63, 3.8) is 0 Å². The number of aryl methyl sites for hydroxylation is 1. The van der Waals surface area contributed by atoms with Gasteiger partial charge in [0.2, 0.25) is 0 Å². The topological polar surface area (TPSA) is 73.4 Å². The van der Waals surface area contributed by atoms with Crippen LogP contribution in [-0.2, 0) is 0 Å². The molecule has 1 atom stereocenters. The Bertz CT molecular complexity index is 591. The van der Waals surface area contributed by atoms with Crippen LogP contribution >= 0.6 is 0 Å². The van der Waals surface area contributed by atoms with Crippen molar-refractivity contribution in [1.29, 1.82) is 5.26 Å². The Hall–Kier alpha value is -2.20. The lowest BCUT2D eigenvalue weighted by atomic mass is 10.1. The van der Waals surface area contributed by atoms with E-state index in [1.165, 1.54) is 6.07 Å². The molecule has 1 saturated heterocycles. The number of piperazine rings is 1. The maximum Gasteiger partial charge on any atom is 0.295 e. The Labute approximate surface area is 122 Å². The first-order valence-corrected chi connectivity index (χ1v) is 6.77. The van der Waals surface area contributed by atoms with Gasteiger partial charge in [0, 0.05) is 26.2 Å². The zero-order valence-corrected chi connectivity index (χ0v) is 12.0. The zero-order valence-electron chi connectivity index (χ0n) is 12.0. The van der Waals surface area contributed by atoms with Crippen LogP contribution in [0.25, 0.3) is 0 Å². The fraction of sp³-hybridized carbons (Fsp3) is 0.500. The van der Waals surface area contributed by atoms with E-state index in [9.17, 15) is 14.5 Å². The van der Waals surface area contributed by atoms with Crippen LogP contribution in [0.2, 0.25) is 0 Å². The van der Waals surface area contributed by atoms with Crippen LogP contribution in [0.3, 0.4) is 0 Å². The molecule has 1 aromatic carbocycles. The van der Waals surface area contributed by atoms with Gasteiger partial charge in [-0.15, -0.1) is 0 Å². The Morgan fingerprint density at radius 1 is 1.38 bits per heavy atom. The van der Waals surface area contributed by atoms with Gasteiger partial charge in [0.25, 0.3) is 5.69 Å². The number of halogens is 1. The number of rotatable bonds is 3. The van der Waals surface area contributed by atoms with Gasteiger partial charge in [0.05, 0.1) is 23.1 Å². The molecule has 1 aliphatic rings. The molecule has 2 rings (SSSR count). The highest BCUT2D eigenvalue weighted by atomic mass is 19.1. The lowest BCUT2D eigenvalue weighted by Crippen LogP contribution is -2.49. The summed E-state index contributed by atoms with van der Waals surface area (Å²) in [5, 5.41) is 20.0. The smallest absolute Gasteiger partial charge is 0.295 e. The number of nitro groups is 1. The number of nitriles is 1. The van der Waals surface area contributed by atoms with Crippen molar-refractivity contribution < 1.29 is 9.31 Å². The van der Waals surface area contributed by atoms with Crippen molar-refractivity contribution in [2.45, 2.75) is 19.9 Å². The highest BCUT2D eigenvalue weighted by Gasteiger charge is 2.26. The predicted molar refractivity (Wildman–Crippen MR) is 76.7 cm³/mol. The van der Waals surface area contributed by atoms with Crippen molar-refractivity contribution >= 4 is 11.4 Å². The van der Waals surface area contributed by atoms with Crippen molar-refractivity contribution in [2.24, 2.45) is 0 Å². The fourth-order valence-electron chi connectivity index (χ4n) is 2.49. The highest BCUT2D eigenvalue weighted by Crippen LogP contribution is 2.31. The second kappa shape index (κ2) is 6.06. The molecule has 1 aliphatic heterocycles. The Balaban J connectivity index is 2.22. The largest absolute Gasteiger partial charge is 0.363 e. The number of benzene rings is 1. The second-order valence-electron chi connectivity index (χ2n) is 5.18. The molecule has 7 heteroatoms. The standard InChI is InChI=1S/C14H17FN4O2/c1-10-7-13(14(19(20)21)8-12(10)15)18-5-3-17(4-6-18)11(2)9-16/h7-8,11H,3-6H2,1-2H3. The van der Waals surface area contributed by atoms with Gasteiger partial charge in [-0.3, -0.25) is 15.0 Å². The van der Waals surface area contributed by atoms with E-state index in [0.717, 1.165) is 6.07 Å². The van der Waals surface area contributed by atoms with Crippen LogP contribution < -0.4 is 4.90 Å². The molecule has 0 saturated carbocycles. The van der Waals surface area contributed by atoms with Crippen LogP contribution in [0, 0.1) is 34.2 Å². The second-order valence-corrected chi connectivity index (χ2v) is 5.18. The maximum absolute atomic E-state index is 13.5. The van der Waals surface area contributed by atoms with Gasteiger partial charge in [-0.2, -0.15) is 5.26 Å². The van der Waals surface area contributed by atoms with Crippen LogP contribution in [-0.4, -0.2) is 42.0 Å². The number of hydrogen-bond acceptors (Lipinski definition) is 5. The zero-order chi connectivity index (χ0) is 15.6. The van der Waals surface area contributed by atoms with E-state index in [4.69, 9.17) is 5.26 Å². The van der Waals surface area contributed by atoms with Gasteiger partial charge in [0.1, 0.15) is 11.5 Å². The van der Waals surface area contributed by atoms with Crippen molar-refractivity contribution in [3.05, 3.63) is 33.6 Å². The SMILES string of the molecule is Cc1cc(N2CCN(C(C)C#N)CC2)c([N+](=O)[O-])cc1F. The average molecular weight is 292 g/mol. The van der Waals surface area contributed by atoms with E-state index >= 15 is 0 Å². The van der Waals surface area contributed by atoms with Crippen LogP contribution in [0.4, 0.5) is 15.8 Å². The van der Waals surface area contributed by atoms with E-state index in [1.54, 1.807) is 6.92 Å². The summed E-state index contributed by atoms with van der Waals surface area (Å²) in [4.78, 5) is 14.5. The fourth-order valence-corrected chi connectivity index (χ4v) is 2.49. The maximum atomic E-state index is 13.5.